The Balaban J connectivity index is 2.49. The van der Waals surface area contributed by atoms with Crippen LogP contribution < -0.4 is 0 Å². The second kappa shape index (κ2) is 6.96. The number of hydrogen-bond donors (Lipinski definition) is 1. The van der Waals surface area contributed by atoms with Gasteiger partial charge in [-0.1, -0.05) is 12.1 Å². The van der Waals surface area contributed by atoms with Gasteiger partial charge in [-0.3, -0.25) is 9.59 Å². The second-order valence-electron chi connectivity index (χ2n) is 3.31. The van der Waals surface area contributed by atoms with Crippen molar-refractivity contribution in [2.75, 3.05) is 12.4 Å². The maximum absolute atomic E-state index is 11.2. The Morgan fingerprint density at radius 2 is 1.94 bits per heavy atom. The van der Waals surface area contributed by atoms with Crippen LogP contribution in [-0.4, -0.2) is 29.4 Å². The molecule has 0 heterocycles. The van der Waals surface area contributed by atoms with E-state index in [-0.39, 0.29) is 18.1 Å². The quantitative estimate of drug-likeness (QED) is 0.621. The largest absolute Gasteiger partial charge is 0.481 e. The van der Waals surface area contributed by atoms with Crippen LogP contribution in [0.25, 0.3) is 0 Å². The average molecular weight is 254 g/mol. The molecule has 0 radical (unpaired) electrons. The molecule has 5 heteroatoms. The highest BCUT2D eigenvalue weighted by Gasteiger charge is 2.04. The Bertz CT molecular complexity index is 386. The Kier molecular flexibility index (Phi) is 5.56. The lowest BCUT2D eigenvalue weighted by Gasteiger charge is -2.03. The van der Waals surface area contributed by atoms with Crippen molar-refractivity contribution in [1.29, 1.82) is 0 Å². The van der Waals surface area contributed by atoms with Crippen molar-refractivity contribution >= 4 is 23.7 Å². The van der Waals surface area contributed by atoms with E-state index in [1.165, 1.54) is 11.8 Å². The molecule has 0 spiro atoms. The summed E-state index contributed by atoms with van der Waals surface area (Å²) in [5.74, 6) is -1.05. The fourth-order valence-electron chi connectivity index (χ4n) is 1.23. The van der Waals surface area contributed by atoms with Crippen molar-refractivity contribution in [2.45, 2.75) is 18.2 Å². The molecule has 0 aliphatic heterocycles. The highest BCUT2D eigenvalue weighted by atomic mass is 32.2. The van der Waals surface area contributed by atoms with E-state index in [9.17, 15) is 9.59 Å². The average Bonchev–Trinajstić information content (AvgIpc) is 2.28. The minimum atomic E-state index is -0.842. The normalized spacial score (nSPS) is 9.94. The van der Waals surface area contributed by atoms with Crippen molar-refractivity contribution in [3.05, 3.63) is 29.8 Å². The van der Waals surface area contributed by atoms with Crippen LogP contribution in [0.4, 0.5) is 0 Å². The van der Waals surface area contributed by atoms with E-state index in [0.717, 1.165) is 10.5 Å². The predicted molar refractivity (Wildman–Crippen MR) is 65.1 cm³/mol. The Morgan fingerprint density at radius 1 is 1.29 bits per heavy atom. The van der Waals surface area contributed by atoms with Gasteiger partial charge in [-0.2, -0.15) is 0 Å². The zero-order chi connectivity index (χ0) is 12.7. The molecule has 0 unspecified atom stereocenters. The summed E-state index contributed by atoms with van der Waals surface area (Å²) in [6, 6.07) is 7.23. The third kappa shape index (κ3) is 5.40. The van der Waals surface area contributed by atoms with Gasteiger partial charge in [-0.25, -0.2) is 0 Å². The molecule has 0 amide bonds. The summed E-state index contributed by atoms with van der Waals surface area (Å²) in [7, 11) is 0. The number of benzene rings is 1. The predicted octanol–water partition coefficient (Wildman–Crippen LogP) is 1.97. The summed E-state index contributed by atoms with van der Waals surface area (Å²) in [6.07, 6.45) is 0.248. The molecular formula is C12H14O4S. The van der Waals surface area contributed by atoms with Crippen LogP contribution in [0.15, 0.2) is 29.2 Å². The SMILES string of the molecule is CCOC(=O)Cc1ccc(SCC(=O)O)cc1. The number of thioether (sulfide) groups is 1. The van der Waals surface area contributed by atoms with Crippen molar-refractivity contribution < 1.29 is 19.4 Å². The maximum atomic E-state index is 11.2. The van der Waals surface area contributed by atoms with Gasteiger partial charge >= 0.3 is 11.9 Å². The Labute approximate surface area is 104 Å². The lowest BCUT2D eigenvalue weighted by atomic mass is 10.1. The Morgan fingerprint density at radius 3 is 2.47 bits per heavy atom. The van der Waals surface area contributed by atoms with Gasteiger partial charge in [0, 0.05) is 4.90 Å². The first kappa shape index (κ1) is 13.6. The first-order valence-corrected chi connectivity index (χ1v) is 6.19. The molecular weight excluding hydrogens is 240 g/mol. The molecule has 92 valence electrons. The molecule has 4 nitrogen and oxygen atoms in total. The molecule has 0 aromatic heterocycles. The summed E-state index contributed by atoms with van der Waals surface area (Å²) in [6.45, 7) is 2.15. The molecule has 1 N–H and O–H groups in total. The topological polar surface area (TPSA) is 63.6 Å². The fourth-order valence-corrected chi connectivity index (χ4v) is 1.85. The number of carboxylic acids is 1. The molecule has 0 saturated heterocycles. The molecule has 1 aromatic rings. The fraction of sp³-hybridized carbons (Fsp3) is 0.333. The van der Waals surface area contributed by atoms with Crippen molar-refractivity contribution in [3.8, 4) is 0 Å². The zero-order valence-electron chi connectivity index (χ0n) is 9.51. The van der Waals surface area contributed by atoms with Crippen LogP contribution in [0.2, 0.25) is 0 Å². The van der Waals surface area contributed by atoms with E-state index in [1.54, 1.807) is 19.1 Å². The van der Waals surface area contributed by atoms with E-state index >= 15 is 0 Å². The van der Waals surface area contributed by atoms with Crippen LogP contribution in [0.5, 0.6) is 0 Å². The van der Waals surface area contributed by atoms with Gasteiger partial charge in [0.2, 0.25) is 0 Å². The lowest BCUT2D eigenvalue weighted by Crippen LogP contribution is -2.07. The van der Waals surface area contributed by atoms with E-state index in [1.807, 2.05) is 12.1 Å². The van der Waals surface area contributed by atoms with Crippen LogP contribution >= 0.6 is 11.8 Å². The van der Waals surface area contributed by atoms with Gasteiger partial charge in [-0.15, -0.1) is 11.8 Å². The number of esters is 1. The summed E-state index contributed by atoms with van der Waals surface area (Å²) < 4.78 is 4.83. The molecule has 17 heavy (non-hydrogen) atoms. The standard InChI is InChI=1S/C12H14O4S/c1-2-16-12(15)7-9-3-5-10(6-4-9)17-8-11(13)14/h3-6H,2,7-8H2,1H3,(H,13,14). The first-order chi connectivity index (χ1) is 8.11. The van der Waals surface area contributed by atoms with Gasteiger partial charge in [-0.05, 0) is 24.6 Å². The van der Waals surface area contributed by atoms with Crippen molar-refractivity contribution in [1.82, 2.24) is 0 Å². The van der Waals surface area contributed by atoms with Crippen molar-refractivity contribution in [2.24, 2.45) is 0 Å². The summed E-state index contributed by atoms with van der Waals surface area (Å²) in [5, 5.41) is 8.53. The molecule has 0 aliphatic carbocycles. The molecule has 0 atom stereocenters. The monoisotopic (exact) mass is 254 g/mol. The number of aliphatic carboxylic acids is 1. The van der Waals surface area contributed by atoms with Gasteiger partial charge in [0.05, 0.1) is 18.8 Å². The number of carbonyl (C=O) groups excluding carboxylic acids is 1. The summed E-state index contributed by atoms with van der Waals surface area (Å²) >= 11 is 1.25. The molecule has 0 bridgehead atoms. The summed E-state index contributed by atoms with van der Waals surface area (Å²) in [5.41, 5.74) is 0.864. The lowest BCUT2D eigenvalue weighted by molar-refractivity contribution is -0.142. The smallest absolute Gasteiger partial charge is 0.313 e. The second-order valence-corrected chi connectivity index (χ2v) is 4.36. The Hall–Kier alpha value is -1.49. The van der Waals surface area contributed by atoms with Gasteiger partial charge < -0.3 is 9.84 Å². The van der Waals surface area contributed by atoms with Gasteiger partial charge in [0.1, 0.15) is 0 Å². The minimum Gasteiger partial charge on any atom is -0.481 e. The number of carboxylic acid groups (broad SMARTS) is 1. The van der Waals surface area contributed by atoms with E-state index in [2.05, 4.69) is 0 Å². The van der Waals surface area contributed by atoms with Crippen LogP contribution in [0, 0.1) is 0 Å². The minimum absolute atomic E-state index is 0.0389. The molecule has 1 aromatic carbocycles. The van der Waals surface area contributed by atoms with Gasteiger partial charge in [0.25, 0.3) is 0 Å². The van der Waals surface area contributed by atoms with Gasteiger partial charge in [0.15, 0.2) is 0 Å². The maximum Gasteiger partial charge on any atom is 0.313 e. The molecule has 0 aliphatic rings. The third-order valence-electron chi connectivity index (χ3n) is 1.94. The van der Waals surface area contributed by atoms with E-state index < -0.39 is 5.97 Å². The van der Waals surface area contributed by atoms with E-state index in [0.29, 0.717) is 6.61 Å². The molecule has 0 saturated carbocycles. The van der Waals surface area contributed by atoms with Crippen LogP contribution in [0.1, 0.15) is 12.5 Å². The number of ether oxygens (including phenoxy) is 1. The highest BCUT2D eigenvalue weighted by molar-refractivity contribution is 8.00. The number of carbonyl (C=O) groups is 2. The van der Waals surface area contributed by atoms with Crippen LogP contribution in [0.3, 0.4) is 0 Å². The number of hydrogen-bond acceptors (Lipinski definition) is 4. The third-order valence-corrected chi connectivity index (χ3v) is 2.94. The summed E-state index contributed by atoms with van der Waals surface area (Å²) in [4.78, 5) is 22.5. The zero-order valence-corrected chi connectivity index (χ0v) is 10.3. The van der Waals surface area contributed by atoms with E-state index in [4.69, 9.17) is 9.84 Å². The van der Waals surface area contributed by atoms with Crippen LogP contribution in [-0.2, 0) is 20.7 Å². The van der Waals surface area contributed by atoms with Crippen molar-refractivity contribution in [3.63, 3.8) is 0 Å². The number of rotatable bonds is 6. The highest BCUT2D eigenvalue weighted by Crippen LogP contribution is 2.18. The molecule has 0 fully saturated rings. The molecule has 1 rings (SSSR count). The first-order valence-electron chi connectivity index (χ1n) is 5.21.